The minimum atomic E-state index is -3.65. The van der Waals surface area contributed by atoms with Gasteiger partial charge in [-0.2, -0.15) is 0 Å². The Kier molecular flexibility index (Phi) is 5.31. The quantitative estimate of drug-likeness (QED) is 0.623. The summed E-state index contributed by atoms with van der Waals surface area (Å²) in [6, 6.07) is 3.23. The first-order chi connectivity index (χ1) is 9.19. The number of urea groups is 1. The van der Waals surface area contributed by atoms with E-state index in [1.165, 1.54) is 18.2 Å². The van der Waals surface area contributed by atoms with Crippen LogP contribution in [0.25, 0.3) is 0 Å². The first-order valence-electron chi connectivity index (χ1n) is 5.27. The third-order valence-corrected chi connectivity index (χ3v) is 3.23. The molecule has 110 valence electrons. The van der Waals surface area contributed by atoms with Crippen molar-refractivity contribution in [2.45, 2.75) is 0 Å². The number of amides is 2. The highest BCUT2D eigenvalue weighted by molar-refractivity contribution is 7.89. The van der Waals surface area contributed by atoms with Crippen molar-refractivity contribution in [2.24, 2.45) is 5.14 Å². The van der Waals surface area contributed by atoms with E-state index in [-0.39, 0.29) is 22.8 Å². The van der Waals surface area contributed by atoms with Crippen molar-refractivity contribution in [1.29, 1.82) is 0 Å². The van der Waals surface area contributed by atoms with Crippen molar-refractivity contribution in [3.05, 3.63) is 28.8 Å². The number of hydrogen-bond donors (Lipinski definition) is 4. The zero-order valence-corrected chi connectivity index (χ0v) is 11.7. The summed E-state index contributed by atoms with van der Waals surface area (Å²) in [6.07, 6.45) is 0. The molecule has 0 aliphatic carbocycles. The lowest BCUT2D eigenvalue weighted by Gasteiger charge is -2.08. The van der Waals surface area contributed by atoms with Gasteiger partial charge in [0.1, 0.15) is 0 Å². The van der Waals surface area contributed by atoms with Crippen LogP contribution in [0.2, 0.25) is 5.02 Å². The number of halogens is 1. The fourth-order valence-electron chi connectivity index (χ4n) is 1.25. The van der Waals surface area contributed by atoms with Gasteiger partial charge in [-0.25, -0.2) is 23.1 Å². The summed E-state index contributed by atoms with van der Waals surface area (Å²) >= 11 is 5.67. The fourth-order valence-corrected chi connectivity index (χ4v) is 1.83. The Morgan fingerprint density at radius 3 is 2.55 bits per heavy atom. The fraction of sp³-hybridized carbons (Fsp3) is 0.200. The summed E-state index contributed by atoms with van der Waals surface area (Å²) in [5.74, 6) is -1.63. The summed E-state index contributed by atoms with van der Waals surface area (Å²) in [7, 11) is -3.65. The Labute approximate surface area is 120 Å². The van der Waals surface area contributed by atoms with E-state index < -0.39 is 27.8 Å². The van der Waals surface area contributed by atoms with Crippen LogP contribution in [0.1, 0.15) is 10.4 Å². The van der Waals surface area contributed by atoms with Crippen LogP contribution in [0.5, 0.6) is 0 Å². The van der Waals surface area contributed by atoms with Crippen molar-refractivity contribution < 1.29 is 23.1 Å². The molecule has 2 amide bonds. The summed E-state index contributed by atoms with van der Waals surface area (Å²) in [4.78, 5) is 22.3. The average molecular weight is 322 g/mol. The summed E-state index contributed by atoms with van der Waals surface area (Å²) in [5, 5.41) is 18.3. The topological polar surface area (TPSA) is 139 Å². The largest absolute Gasteiger partial charge is 0.478 e. The lowest BCUT2D eigenvalue weighted by molar-refractivity contribution is 0.0697. The minimum absolute atomic E-state index is 0.0395. The Balaban J connectivity index is 2.63. The number of aromatic carboxylic acids is 1. The predicted molar refractivity (Wildman–Crippen MR) is 73.4 cm³/mol. The number of sulfonamides is 1. The predicted octanol–water partition coefficient (Wildman–Crippen LogP) is 0.448. The number of carboxylic acid groups (broad SMARTS) is 1. The van der Waals surface area contributed by atoms with E-state index in [0.29, 0.717) is 0 Å². The van der Waals surface area contributed by atoms with Crippen LogP contribution in [0.3, 0.4) is 0 Å². The molecule has 5 N–H and O–H groups in total. The number of nitrogens with two attached hydrogens (primary N) is 1. The van der Waals surface area contributed by atoms with Crippen LogP contribution in [0.15, 0.2) is 18.2 Å². The van der Waals surface area contributed by atoms with Gasteiger partial charge in [0.05, 0.1) is 16.3 Å². The monoisotopic (exact) mass is 321 g/mol. The lowest BCUT2D eigenvalue weighted by Crippen LogP contribution is -2.34. The molecular weight excluding hydrogens is 310 g/mol. The Hall–Kier alpha value is -1.84. The maximum absolute atomic E-state index is 11.4. The third-order valence-electron chi connectivity index (χ3n) is 2.13. The molecule has 0 aliphatic heterocycles. The van der Waals surface area contributed by atoms with Crippen LogP contribution < -0.4 is 15.8 Å². The molecule has 0 spiro atoms. The molecule has 0 fully saturated rings. The second-order valence-electron chi connectivity index (χ2n) is 3.75. The van der Waals surface area contributed by atoms with Crippen LogP contribution in [0, 0.1) is 0 Å². The second kappa shape index (κ2) is 6.55. The summed E-state index contributed by atoms with van der Waals surface area (Å²) < 4.78 is 21.3. The van der Waals surface area contributed by atoms with Crippen molar-refractivity contribution in [3.8, 4) is 0 Å². The highest BCUT2D eigenvalue weighted by Crippen LogP contribution is 2.20. The van der Waals surface area contributed by atoms with Crippen molar-refractivity contribution >= 4 is 39.3 Å². The first-order valence-corrected chi connectivity index (χ1v) is 7.36. The van der Waals surface area contributed by atoms with Crippen molar-refractivity contribution in [1.82, 2.24) is 5.32 Å². The number of rotatable bonds is 5. The second-order valence-corrected chi connectivity index (χ2v) is 5.89. The zero-order chi connectivity index (χ0) is 15.3. The van der Waals surface area contributed by atoms with E-state index in [9.17, 15) is 18.0 Å². The van der Waals surface area contributed by atoms with Crippen LogP contribution >= 0.6 is 11.6 Å². The van der Waals surface area contributed by atoms with Gasteiger partial charge in [-0.05, 0) is 18.2 Å². The Bertz CT molecular complexity index is 632. The number of carbonyl (C=O) groups excluding carboxylic acids is 1. The standard InChI is InChI=1S/C10H12ClN3O5S/c11-8-2-1-6(5-7(8)9(15)16)14-10(17)13-3-4-20(12,18)19/h1-2,5H,3-4H2,(H,15,16)(H2,12,18,19)(H2,13,14,17). The SMILES string of the molecule is NS(=O)(=O)CCNC(=O)Nc1ccc(Cl)c(C(=O)O)c1. The van der Waals surface area contributed by atoms with E-state index in [0.717, 1.165) is 0 Å². The number of primary sulfonamides is 1. The molecule has 0 bridgehead atoms. The smallest absolute Gasteiger partial charge is 0.337 e. The molecule has 0 saturated carbocycles. The molecule has 0 saturated heterocycles. The molecule has 1 aromatic carbocycles. The maximum Gasteiger partial charge on any atom is 0.337 e. The van der Waals surface area contributed by atoms with Gasteiger partial charge in [-0.1, -0.05) is 11.6 Å². The van der Waals surface area contributed by atoms with Gasteiger partial charge in [0.25, 0.3) is 0 Å². The number of nitrogens with one attached hydrogen (secondary N) is 2. The lowest BCUT2D eigenvalue weighted by atomic mass is 10.2. The average Bonchev–Trinajstić information content (AvgIpc) is 2.29. The Morgan fingerprint density at radius 1 is 1.35 bits per heavy atom. The molecule has 0 radical (unpaired) electrons. The normalized spacial score (nSPS) is 10.9. The van der Waals surface area contributed by atoms with Gasteiger partial charge in [-0.15, -0.1) is 0 Å². The van der Waals surface area contributed by atoms with Crippen molar-refractivity contribution in [2.75, 3.05) is 17.6 Å². The molecule has 1 rings (SSSR count). The molecule has 10 heteroatoms. The summed E-state index contributed by atoms with van der Waals surface area (Å²) in [5.41, 5.74) is 0.0499. The van der Waals surface area contributed by atoms with E-state index in [2.05, 4.69) is 10.6 Å². The molecule has 0 heterocycles. The van der Waals surface area contributed by atoms with Crippen LogP contribution in [0.4, 0.5) is 10.5 Å². The third kappa shape index (κ3) is 5.43. The molecule has 0 unspecified atom stereocenters. The van der Waals surface area contributed by atoms with E-state index in [1.54, 1.807) is 0 Å². The number of benzene rings is 1. The highest BCUT2D eigenvalue weighted by Gasteiger charge is 2.11. The summed E-state index contributed by atoms with van der Waals surface area (Å²) in [6.45, 7) is -0.163. The molecule has 0 atom stereocenters. The van der Waals surface area contributed by atoms with Crippen molar-refractivity contribution in [3.63, 3.8) is 0 Å². The number of anilines is 1. The van der Waals surface area contributed by atoms with Gasteiger partial charge >= 0.3 is 12.0 Å². The first kappa shape index (κ1) is 16.2. The molecule has 1 aromatic rings. The van der Waals surface area contributed by atoms with Gasteiger partial charge in [0.2, 0.25) is 10.0 Å². The molecule has 20 heavy (non-hydrogen) atoms. The molecule has 8 nitrogen and oxygen atoms in total. The minimum Gasteiger partial charge on any atom is -0.478 e. The van der Waals surface area contributed by atoms with E-state index in [4.69, 9.17) is 21.8 Å². The van der Waals surface area contributed by atoms with Gasteiger partial charge in [-0.3, -0.25) is 0 Å². The number of carboxylic acids is 1. The molecular formula is C10H12ClN3O5S. The van der Waals surface area contributed by atoms with Crippen LogP contribution in [-0.4, -0.2) is 37.8 Å². The Morgan fingerprint density at radius 2 is 2.00 bits per heavy atom. The van der Waals surface area contributed by atoms with E-state index >= 15 is 0 Å². The number of carbonyl (C=O) groups is 2. The van der Waals surface area contributed by atoms with Gasteiger partial charge < -0.3 is 15.7 Å². The highest BCUT2D eigenvalue weighted by atomic mass is 35.5. The van der Waals surface area contributed by atoms with Crippen LogP contribution in [-0.2, 0) is 10.0 Å². The maximum atomic E-state index is 11.4. The zero-order valence-electron chi connectivity index (χ0n) is 10.1. The van der Waals surface area contributed by atoms with Gasteiger partial charge in [0, 0.05) is 12.2 Å². The van der Waals surface area contributed by atoms with E-state index in [1.807, 2.05) is 0 Å². The molecule has 0 aliphatic rings. The van der Waals surface area contributed by atoms with Gasteiger partial charge in [0.15, 0.2) is 0 Å². The number of hydrogen-bond acceptors (Lipinski definition) is 4. The molecule has 0 aromatic heterocycles.